The Bertz CT molecular complexity index is 1110. The third kappa shape index (κ3) is 2.44. The van der Waals surface area contributed by atoms with Gasteiger partial charge in [0.15, 0.2) is 0 Å². The molecule has 30 heavy (non-hydrogen) atoms. The van der Waals surface area contributed by atoms with E-state index in [-0.39, 0.29) is 41.5 Å². The fourth-order valence-corrected chi connectivity index (χ4v) is 5.47. The SMILES string of the molecule is COC(=O)C(C)n1c(C)c(C=NN2C(=O)C3C4C=CC(C4)C3C2=O)c2ccccc21. The minimum Gasteiger partial charge on any atom is -0.467 e. The molecule has 154 valence electrons. The van der Waals surface area contributed by atoms with Crippen molar-refractivity contribution in [3.63, 3.8) is 0 Å². The number of para-hydroxylation sites is 1. The maximum atomic E-state index is 12.9. The van der Waals surface area contributed by atoms with Gasteiger partial charge in [0.1, 0.15) is 6.04 Å². The van der Waals surface area contributed by atoms with E-state index >= 15 is 0 Å². The number of hydrogen-bond donors (Lipinski definition) is 0. The van der Waals surface area contributed by atoms with Crippen molar-refractivity contribution >= 4 is 34.9 Å². The minimum atomic E-state index is -0.516. The van der Waals surface area contributed by atoms with Gasteiger partial charge in [-0.15, -0.1) is 0 Å². The lowest BCUT2D eigenvalue weighted by molar-refractivity contribution is -0.144. The van der Waals surface area contributed by atoms with E-state index in [2.05, 4.69) is 17.3 Å². The highest BCUT2D eigenvalue weighted by atomic mass is 16.5. The summed E-state index contributed by atoms with van der Waals surface area (Å²) in [5.41, 5.74) is 2.46. The molecule has 1 aliphatic heterocycles. The molecule has 0 spiro atoms. The molecule has 0 N–H and O–H groups in total. The maximum Gasteiger partial charge on any atom is 0.328 e. The predicted octanol–water partition coefficient (Wildman–Crippen LogP) is 2.82. The van der Waals surface area contributed by atoms with Crippen LogP contribution >= 0.6 is 0 Å². The lowest BCUT2D eigenvalue weighted by Crippen LogP contribution is -2.28. The van der Waals surface area contributed by atoms with Crippen LogP contribution in [0.4, 0.5) is 0 Å². The zero-order chi connectivity index (χ0) is 21.2. The van der Waals surface area contributed by atoms with E-state index in [1.54, 1.807) is 13.1 Å². The number of carbonyl (C=O) groups is 3. The number of esters is 1. The number of rotatable bonds is 4. The van der Waals surface area contributed by atoms with Gasteiger partial charge in [0.25, 0.3) is 11.8 Å². The molecular weight excluding hydrogens is 382 g/mol. The summed E-state index contributed by atoms with van der Waals surface area (Å²) in [6, 6.07) is 7.17. The highest BCUT2D eigenvalue weighted by Gasteiger charge is 2.59. The first kappa shape index (κ1) is 18.8. The van der Waals surface area contributed by atoms with Crippen LogP contribution in [0.3, 0.4) is 0 Å². The molecule has 3 aliphatic rings. The lowest BCUT2D eigenvalue weighted by atomic mass is 9.85. The molecule has 2 fully saturated rings. The number of aromatic nitrogens is 1. The van der Waals surface area contributed by atoms with Gasteiger partial charge in [-0.2, -0.15) is 10.1 Å². The van der Waals surface area contributed by atoms with Crippen LogP contribution in [0.5, 0.6) is 0 Å². The Morgan fingerprint density at radius 1 is 1.17 bits per heavy atom. The maximum absolute atomic E-state index is 12.9. The van der Waals surface area contributed by atoms with Crippen molar-refractivity contribution in [3.8, 4) is 0 Å². The van der Waals surface area contributed by atoms with Gasteiger partial charge in [-0.1, -0.05) is 30.4 Å². The summed E-state index contributed by atoms with van der Waals surface area (Å²) < 4.78 is 6.82. The van der Waals surface area contributed by atoms with Crippen LogP contribution < -0.4 is 0 Å². The van der Waals surface area contributed by atoms with E-state index in [1.165, 1.54) is 7.11 Å². The first-order valence-corrected chi connectivity index (χ1v) is 10.2. The van der Waals surface area contributed by atoms with E-state index in [0.29, 0.717) is 0 Å². The lowest BCUT2D eigenvalue weighted by Gasteiger charge is -2.15. The van der Waals surface area contributed by atoms with Gasteiger partial charge in [0.2, 0.25) is 0 Å². The summed E-state index contributed by atoms with van der Waals surface area (Å²) in [6.45, 7) is 3.68. The quantitative estimate of drug-likeness (QED) is 0.339. The largest absolute Gasteiger partial charge is 0.467 e. The van der Waals surface area contributed by atoms with Crippen molar-refractivity contribution in [2.75, 3.05) is 7.11 Å². The second-order valence-corrected chi connectivity index (χ2v) is 8.32. The van der Waals surface area contributed by atoms with Crippen LogP contribution in [0.1, 0.15) is 30.6 Å². The monoisotopic (exact) mass is 405 g/mol. The Hall–Kier alpha value is -3.22. The van der Waals surface area contributed by atoms with Crippen molar-refractivity contribution in [1.29, 1.82) is 0 Å². The van der Waals surface area contributed by atoms with Crippen molar-refractivity contribution < 1.29 is 19.1 Å². The van der Waals surface area contributed by atoms with Crippen molar-refractivity contribution in [1.82, 2.24) is 9.58 Å². The number of methoxy groups -OCH3 is 1. The first-order valence-electron chi connectivity index (χ1n) is 10.2. The van der Waals surface area contributed by atoms with E-state index < -0.39 is 6.04 Å². The number of carbonyl (C=O) groups excluding carboxylic acids is 3. The Kier molecular flexibility index (Phi) is 4.17. The van der Waals surface area contributed by atoms with Gasteiger partial charge < -0.3 is 9.30 Å². The highest BCUT2D eigenvalue weighted by Crippen LogP contribution is 2.52. The van der Waals surface area contributed by atoms with Gasteiger partial charge in [-0.3, -0.25) is 9.59 Å². The van der Waals surface area contributed by atoms with Crippen LogP contribution in [0.15, 0.2) is 41.5 Å². The normalized spacial score (nSPS) is 28.2. The zero-order valence-corrected chi connectivity index (χ0v) is 17.1. The Balaban J connectivity index is 1.53. The fourth-order valence-electron chi connectivity index (χ4n) is 5.47. The molecule has 5 atom stereocenters. The number of amides is 2. The molecule has 2 aliphatic carbocycles. The number of hydrazone groups is 1. The molecular formula is C23H23N3O4. The molecule has 5 unspecified atom stereocenters. The molecule has 7 heteroatoms. The fraction of sp³-hybridized carbons (Fsp3) is 0.391. The molecule has 2 aromatic rings. The van der Waals surface area contributed by atoms with Crippen LogP contribution in [-0.4, -0.2) is 40.7 Å². The zero-order valence-electron chi connectivity index (χ0n) is 17.1. The number of benzene rings is 1. The molecule has 2 heterocycles. The molecule has 1 saturated carbocycles. The van der Waals surface area contributed by atoms with Crippen LogP contribution in [0.2, 0.25) is 0 Å². The van der Waals surface area contributed by atoms with Crippen molar-refractivity contribution in [2.45, 2.75) is 26.3 Å². The summed E-state index contributed by atoms with van der Waals surface area (Å²) in [6.07, 6.45) is 6.60. The third-order valence-corrected chi connectivity index (χ3v) is 6.88. The van der Waals surface area contributed by atoms with Crippen LogP contribution in [0, 0.1) is 30.6 Å². The van der Waals surface area contributed by atoms with Gasteiger partial charge in [-0.05, 0) is 38.2 Å². The Labute approximate surface area is 174 Å². The molecule has 1 aromatic heterocycles. The number of ether oxygens (including phenoxy) is 1. The van der Waals surface area contributed by atoms with Gasteiger partial charge >= 0.3 is 5.97 Å². The number of hydrogen-bond acceptors (Lipinski definition) is 5. The van der Waals surface area contributed by atoms with E-state index in [1.807, 2.05) is 35.8 Å². The van der Waals surface area contributed by atoms with Crippen LogP contribution in [0.25, 0.3) is 10.9 Å². The second-order valence-electron chi connectivity index (χ2n) is 8.32. The average molecular weight is 405 g/mol. The average Bonchev–Trinajstić information content (AvgIpc) is 3.48. The van der Waals surface area contributed by atoms with Crippen molar-refractivity contribution in [3.05, 3.63) is 47.7 Å². The van der Waals surface area contributed by atoms with Gasteiger partial charge in [0.05, 0.1) is 25.2 Å². The Morgan fingerprint density at radius 3 is 2.43 bits per heavy atom. The highest BCUT2D eigenvalue weighted by molar-refractivity contribution is 6.08. The second kappa shape index (κ2) is 6.65. The molecule has 0 radical (unpaired) electrons. The molecule has 1 saturated heterocycles. The van der Waals surface area contributed by atoms with Crippen LogP contribution in [-0.2, 0) is 19.1 Å². The Morgan fingerprint density at radius 2 is 1.80 bits per heavy atom. The van der Waals surface area contributed by atoms with Gasteiger partial charge in [-0.25, -0.2) is 4.79 Å². The molecule has 2 amide bonds. The number of allylic oxidation sites excluding steroid dienone is 2. The number of fused-ring (bicyclic) bond motifs is 6. The summed E-state index contributed by atoms with van der Waals surface area (Å²) in [5, 5.41) is 6.29. The molecule has 5 rings (SSSR count). The third-order valence-electron chi connectivity index (χ3n) is 6.88. The summed E-state index contributed by atoms with van der Waals surface area (Å²) in [5.74, 6) is -0.992. The predicted molar refractivity (Wildman–Crippen MR) is 111 cm³/mol. The number of nitrogens with zero attached hydrogens (tertiary/aromatic N) is 3. The summed E-state index contributed by atoms with van der Waals surface area (Å²) in [7, 11) is 1.37. The standard InChI is InChI=1S/C23H23N3O4/c1-12-17(16-6-4-5-7-18(16)25(12)13(2)23(29)30-3)11-24-26-21(27)19-14-8-9-15(10-14)20(19)22(26)28/h4-9,11,13-15,19-20H,10H2,1-3H3. The smallest absolute Gasteiger partial charge is 0.328 e. The molecule has 2 bridgehead atoms. The first-order chi connectivity index (χ1) is 14.4. The summed E-state index contributed by atoms with van der Waals surface area (Å²) in [4.78, 5) is 37.9. The minimum absolute atomic E-state index is 0.154. The van der Waals surface area contributed by atoms with E-state index in [4.69, 9.17) is 4.74 Å². The van der Waals surface area contributed by atoms with Crippen molar-refractivity contribution in [2.24, 2.45) is 28.8 Å². The van der Waals surface area contributed by atoms with E-state index in [0.717, 1.165) is 33.6 Å². The molecule has 1 aromatic carbocycles. The molecule has 7 nitrogen and oxygen atoms in total. The van der Waals surface area contributed by atoms with E-state index in [9.17, 15) is 14.4 Å². The topological polar surface area (TPSA) is 81.0 Å². The summed E-state index contributed by atoms with van der Waals surface area (Å²) >= 11 is 0. The number of imide groups is 1. The van der Waals surface area contributed by atoms with Gasteiger partial charge in [0, 0.05) is 22.2 Å².